The van der Waals surface area contributed by atoms with Crippen LogP contribution in [0.15, 0.2) is 24.3 Å². The Morgan fingerprint density at radius 3 is 2.17 bits per heavy atom. The van der Waals surface area contributed by atoms with E-state index < -0.39 is 0 Å². The second-order valence-electron chi connectivity index (χ2n) is 6.03. The Kier molecular flexibility index (Phi) is 3.29. The van der Waals surface area contributed by atoms with Crippen LogP contribution in [-0.4, -0.2) is 37.1 Å². The van der Waals surface area contributed by atoms with E-state index in [1.54, 1.807) is 0 Å². The van der Waals surface area contributed by atoms with Crippen molar-refractivity contribution >= 4 is 5.69 Å². The summed E-state index contributed by atoms with van der Waals surface area (Å²) in [5.41, 5.74) is 2.94. The van der Waals surface area contributed by atoms with E-state index in [2.05, 4.69) is 47.9 Å². The van der Waals surface area contributed by atoms with Crippen LogP contribution in [0.5, 0.6) is 0 Å². The molecule has 2 aliphatic rings. The zero-order chi connectivity index (χ0) is 12.5. The first-order valence-electron chi connectivity index (χ1n) is 7.33. The quantitative estimate of drug-likeness (QED) is 0.806. The van der Waals surface area contributed by atoms with Crippen LogP contribution < -0.4 is 4.90 Å². The third-order valence-corrected chi connectivity index (χ3v) is 4.48. The summed E-state index contributed by atoms with van der Waals surface area (Å²) in [6, 6.07) is 10.0. The van der Waals surface area contributed by atoms with Crippen LogP contribution in [0.1, 0.15) is 38.2 Å². The molecule has 0 amide bonds. The lowest BCUT2D eigenvalue weighted by molar-refractivity contribution is 0.110. The van der Waals surface area contributed by atoms with E-state index >= 15 is 0 Å². The Morgan fingerprint density at radius 2 is 1.61 bits per heavy atom. The first kappa shape index (κ1) is 12.0. The van der Waals surface area contributed by atoms with Crippen molar-refractivity contribution in [3.63, 3.8) is 0 Å². The SMILES string of the molecule is CC(C)N1CC(c2ccc(N3CCCC3)cc2)C1. The van der Waals surface area contributed by atoms with Gasteiger partial charge in [-0.25, -0.2) is 0 Å². The lowest BCUT2D eigenvalue weighted by Gasteiger charge is -2.42. The maximum absolute atomic E-state index is 2.54. The number of anilines is 1. The van der Waals surface area contributed by atoms with E-state index in [0.717, 1.165) is 5.92 Å². The monoisotopic (exact) mass is 244 g/mol. The van der Waals surface area contributed by atoms with E-state index in [0.29, 0.717) is 6.04 Å². The van der Waals surface area contributed by atoms with Crippen molar-refractivity contribution < 1.29 is 0 Å². The van der Waals surface area contributed by atoms with Gasteiger partial charge in [0.2, 0.25) is 0 Å². The minimum atomic E-state index is 0.699. The van der Waals surface area contributed by atoms with Crippen molar-refractivity contribution in [3.05, 3.63) is 29.8 Å². The summed E-state index contributed by atoms with van der Waals surface area (Å²) >= 11 is 0. The molecule has 98 valence electrons. The summed E-state index contributed by atoms with van der Waals surface area (Å²) in [5.74, 6) is 0.764. The van der Waals surface area contributed by atoms with Crippen LogP contribution in [-0.2, 0) is 0 Å². The van der Waals surface area contributed by atoms with Crippen LogP contribution in [0, 0.1) is 0 Å². The van der Waals surface area contributed by atoms with E-state index in [9.17, 15) is 0 Å². The molecular formula is C16H24N2. The lowest BCUT2D eigenvalue weighted by Crippen LogP contribution is -2.48. The van der Waals surface area contributed by atoms with Crippen molar-refractivity contribution in [1.82, 2.24) is 4.90 Å². The Bertz CT molecular complexity index is 384. The van der Waals surface area contributed by atoms with Gasteiger partial charge in [-0.05, 0) is 44.4 Å². The van der Waals surface area contributed by atoms with Gasteiger partial charge >= 0.3 is 0 Å². The molecule has 0 aliphatic carbocycles. The van der Waals surface area contributed by atoms with Gasteiger partial charge in [0.1, 0.15) is 0 Å². The molecule has 2 heterocycles. The number of hydrogen-bond acceptors (Lipinski definition) is 2. The molecule has 2 saturated heterocycles. The van der Waals surface area contributed by atoms with Crippen LogP contribution in [0.2, 0.25) is 0 Å². The first-order valence-corrected chi connectivity index (χ1v) is 7.33. The van der Waals surface area contributed by atoms with Gasteiger partial charge < -0.3 is 4.90 Å². The Labute approximate surface area is 111 Å². The predicted octanol–water partition coefficient (Wildman–Crippen LogP) is 3.09. The van der Waals surface area contributed by atoms with Crippen molar-refractivity contribution in [3.8, 4) is 0 Å². The molecule has 3 rings (SSSR count). The van der Waals surface area contributed by atoms with Gasteiger partial charge in [-0.1, -0.05) is 12.1 Å². The summed E-state index contributed by atoms with van der Waals surface area (Å²) in [5, 5.41) is 0. The van der Waals surface area contributed by atoms with Crippen LogP contribution in [0.3, 0.4) is 0 Å². The fourth-order valence-corrected chi connectivity index (χ4v) is 3.08. The minimum Gasteiger partial charge on any atom is -0.372 e. The standard InChI is InChI=1S/C16H24N2/c1-13(2)18-11-15(12-18)14-5-7-16(8-6-14)17-9-3-4-10-17/h5-8,13,15H,3-4,9-12H2,1-2H3. The van der Waals surface area contributed by atoms with Crippen molar-refractivity contribution in [1.29, 1.82) is 0 Å². The van der Waals surface area contributed by atoms with Gasteiger partial charge in [-0.3, -0.25) is 4.90 Å². The molecule has 2 heteroatoms. The summed E-state index contributed by atoms with van der Waals surface area (Å²) in [6.07, 6.45) is 2.71. The predicted molar refractivity (Wildman–Crippen MR) is 77.3 cm³/mol. The zero-order valence-corrected chi connectivity index (χ0v) is 11.6. The molecule has 2 nitrogen and oxygen atoms in total. The molecule has 0 radical (unpaired) electrons. The fourth-order valence-electron chi connectivity index (χ4n) is 3.08. The van der Waals surface area contributed by atoms with Crippen molar-refractivity contribution in [2.24, 2.45) is 0 Å². The number of nitrogens with zero attached hydrogens (tertiary/aromatic N) is 2. The zero-order valence-electron chi connectivity index (χ0n) is 11.6. The maximum atomic E-state index is 2.54. The second kappa shape index (κ2) is 4.93. The molecule has 0 spiro atoms. The summed E-state index contributed by atoms with van der Waals surface area (Å²) in [6.45, 7) is 9.52. The largest absolute Gasteiger partial charge is 0.372 e. The van der Waals surface area contributed by atoms with E-state index in [-0.39, 0.29) is 0 Å². The van der Waals surface area contributed by atoms with Gasteiger partial charge in [0.05, 0.1) is 0 Å². The summed E-state index contributed by atoms with van der Waals surface area (Å²) in [4.78, 5) is 5.05. The number of rotatable bonds is 3. The van der Waals surface area contributed by atoms with Crippen LogP contribution >= 0.6 is 0 Å². The van der Waals surface area contributed by atoms with Crippen molar-refractivity contribution in [2.75, 3.05) is 31.1 Å². The summed E-state index contributed by atoms with van der Waals surface area (Å²) < 4.78 is 0. The number of benzene rings is 1. The molecule has 2 aliphatic heterocycles. The Hall–Kier alpha value is -1.02. The highest BCUT2D eigenvalue weighted by atomic mass is 15.2. The molecule has 2 fully saturated rings. The highest BCUT2D eigenvalue weighted by Crippen LogP contribution is 2.30. The molecule has 0 N–H and O–H groups in total. The third-order valence-electron chi connectivity index (χ3n) is 4.48. The molecule has 18 heavy (non-hydrogen) atoms. The van der Waals surface area contributed by atoms with Gasteiger partial charge in [0.25, 0.3) is 0 Å². The molecule has 1 aromatic carbocycles. The molecule has 1 aromatic rings. The fraction of sp³-hybridized carbons (Fsp3) is 0.625. The number of hydrogen-bond donors (Lipinski definition) is 0. The van der Waals surface area contributed by atoms with Crippen LogP contribution in [0.4, 0.5) is 5.69 Å². The maximum Gasteiger partial charge on any atom is 0.0366 e. The molecular weight excluding hydrogens is 220 g/mol. The molecule has 0 atom stereocenters. The topological polar surface area (TPSA) is 6.48 Å². The minimum absolute atomic E-state index is 0.699. The number of likely N-dealkylation sites (tertiary alicyclic amines) is 1. The lowest BCUT2D eigenvalue weighted by atomic mass is 9.90. The first-order chi connectivity index (χ1) is 8.74. The highest BCUT2D eigenvalue weighted by Gasteiger charge is 2.29. The molecule has 0 saturated carbocycles. The molecule has 0 aromatic heterocycles. The van der Waals surface area contributed by atoms with Crippen LogP contribution in [0.25, 0.3) is 0 Å². The molecule has 0 unspecified atom stereocenters. The van der Waals surface area contributed by atoms with E-state index in [1.165, 1.54) is 50.3 Å². The van der Waals surface area contributed by atoms with Gasteiger partial charge in [0.15, 0.2) is 0 Å². The normalized spacial score (nSPS) is 21.6. The van der Waals surface area contributed by atoms with Crippen molar-refractivity contribution in [2.45, 2.75) is 38.6 Å². The Balaban J connectivity index is 1.62. The molecule has 0 bridgehead atoms. The van der Waals surface area contributed by atoms with Gasteiger partial charge in [-0.15, -0.1) is 0 Å². The average molecular weight is 244 g/mol. The van der Waals surface area contributed by atoms with Gasteiger partial charge in [0, 0.05) is 43.8 Å². The summed E-state index contributed by atoms with van der Waals surface area (Å²) in [7, 11) is 0. The third kappa shape index (κ3) is 2.26. The van der Waals surface area contributed by atoms with Gasteiger partial charge in [-0.2, -0.15) is 0 Å². The smallest absolute Gasteiger partial charge is 0.0366 e. The Morgan fingerprint density at radius 1 is 1.00 bits per heavy atom. The van der Waals surface area contributed by atoms with E-state index in [4.69, 9.17) is 0 Å². The van der Waals surface area contributed by atoms with E-state index in [1.807, 2.05) is 0 Å². The second-order valence-corrected chi connectivity index (χ2v) is 6.03. The highest BCUT2D eigenvalue weighted by molar-refractivity contribution is 5.49. The average Bonchev–Trinajstić information content (AvgIpc) is 2.81.